The molecule has 0 fully saturated rings. The number of hydrogen-bond acceptors (Lipinski definition) is 2. The highest BCUT2D eigenvalue weighted by Gasteiger charge is 2.16. The van der Waals surface area contributed by atoms with Crippen LogP contribution >= 0.6 is 0 Å². The molecular formula is C46H31NO. The van der Waals surface area contributed by atoms with Crippen molar-refractivity contribution in [3.8, 4) is 33.4 Å². The van der Waals surface area contributed by atoms with Gasteiger partial charge < -0.3 is 9.32 Å². The van der Waals surface area contributed by atoms with E-state index in [-0.39, 0.29) is 33.3 Å². The van der Waals surface area contributed by atoms with Crippen molar-refractivity contribution in [1.82, 2.24) is 0 Å². The topological polar surface area (TPSA) is 16.4 Å². The van der Waals surface area contributed by atoms with Crippen molar-refractivity contribution in [2.75, 3.05) is 4.90 Å². The highest BCUT2D eigenvalue weighted by molar-refractivity contribution is 6.12. The largest absolute Gasteiger partial charge is 0.456 e. The molecule has 48 heavy (non-hydrogen) atoms. The SMILES string of the molecule is [2H]c1c([2H])c([2H])c(-c2c([2H])c([2H])c(N(c3ccc(-c4c([2H])c([2H])c([2H])c5c([2H])c([2H])c([2H])c([2H])c45)cc3)c3ccc(-c4cccc5oc6ccccc6c45)cc3)c([2H])c2[2H])c([2H])c1[2H]. The van der Waals surface area contributed by atoms with E-state index in [2.05, 4.69) is 0 Å². The number of para-hydroxylation sites is 1. The molecule has 0 spiro atoms. The average Bonchev–Trinajstić information content (AvgIpc) is 3.69. The normalized spacial score (nSPS) is 16.0. The molecule has 0 saturated carbocycles. The summed E-state index contributed by atoms with van der Waals surface area (Å²) >= 11 is 0. The predicted molar refractivity (Wildman–Crippen MR) is 202 cm³/mol. The van der Waals surface area contributed by atoms with E-state index in [9.17, 15) is 2.74 Å². The molecule has 0 unspecified atom stereocenters. The first kappa shape index (κ1) is 15.9. The van der Waals surface area contributed by atoms with Crippen LogP contribution in [0.4, 0.5) is 17.1 Å². The molecule has 0 aliphatic rings. The zero-order valence-corrected chi connectivity index (χ0v) is 25.0. The lowest BCUT2D eigenvalue weighted by Gasteiger charge is -2.26. The molecule has 2 nitrogen and oxygen atoms in total. The van der Waals surface area contributed by atoms with E-state index in [0.717, 1.165) is 21.9 Å². The van der Waals surface area contributed by atoms with E-state index in [0.29, 0.717) is 16.9 Å². The molecule has 2 heteroatoms. The number of hydrogen-bond donors (Lipinski definition) is 0. The molecule has 0 atom stereocenters. The van der Waals surface area contributed by atoms with Gasteiger partial charge in [-0.2, -0.15) is 0 Å². The molecule has 0 N–H and O–H groups in total. The Balaban J connectivity index is 1.26. The van der Waals surface area contributed by atoms with Crippen LogP contribution in [0.3, 0.4) is 0 Å². The van der Waals surface area contributed by atoms with Gasteiger partial charge in [0.25, 0.3) is 0 Å². The fourth-order valence-electron chi connectivity index (χ4n) is 5.94. The molecular weight excluding hydrogens is 583 g/mol. The zero-order valence-electron chi connectivity index (χ0n) is 41.0. The summed E-state index contributed by atoms with van der Waals surface area (Å²) in [5.41, 5.74) is 2.71. The van der Waals surface area contributed by atoms with E-state index < -0.39 is 108 Å². The Morgan fingerprint density at radius 1 is 0.396 bits per heavy atom. The van der Waals surface area contributed by atoms with Gasteiger partial charge in [-0.1, -0.05) is 139 Å². The summed E-state index contributed by atoms with van der Waals surface area (Å²) in [5.74, 6) is 0. The molecule has 0 aliphatic carbocycles. The third kappa shape index (κ3) is 4.92. The van der Waals surface area contributed by atoms with Crippen LogP contribution in [0.2, 0.25) is 0 Å². The summed E-state index contributed by atoms with van der Waals surface area (Å²) in [5, 5.41) is 1.48. The van der Waals surface area contributed by atoms with E-state index >= 15 is 0 Å². The van der Waals surface area contributed by atoms with Crippen LogP contribution < -0.4 is 4.90 Å². The van der Waals surface area contributed by atoms with Crippen molar-refractivity contribution in [3.63, 3.8) is 0 Å². The molecule has 8 aromatic carbocycles. The molecule has 9 rings (SSSR count). The summed E-state index contributed by atoms with van der Waals surface area (Å²) < 4.78 is 145. The first-order valence-electron chi connectivity index (χ1n) is 23.0. The van der Waals surface area contributed by atoms with Gasteiger partial charge in [0.15, 0.2) is 0 Å². The van der Waals surface area contributed by atoms with E-state index in [1.54, 1.807) is 24.3 Å². The van der Waals surface area contributed by atoms with Crippen molar-refractivity contribution in [2.45, 2.75) is 0 Å². The zero-order chi connectivity index (χ0) is 45.8. The second kappa shape index (κ2) is 11.8. The average molecular weight is 630 g/mol. The van der Waals surface area contributed by atoms with Crippen LogP contribution in [0.1, 0.15) is 21.9 Å². The monoisotopic (exact) mass is 629 g/mol. The lowest BCUT2D eigenvalue weighted by molar-refractivity contribution is 0.669. The maximum atomic E-state index is 9.36. The standard InChI is InChI=1S/C46H31NO/c1-2-10-32(11-3-1)33-20-26-37(27-21-33)47(38-28-22-35(23-29-38)41-16-8-13-34-12-4-5-14-40(34)41)39-30-24-36(25-31-39)42-17-9-19-45-46(42)43-15-6-7-18-44(43)48-45/h1-31H/i1D,2D,3D,4D,5D,8D,10D,11D,12D,13D,14D,16D,20D,21D,26D,27D. The number of fused-ring (bicyclic) bond motifs is 4. The van der Waals surface area contributed by atoms with E-state index in [1.807, 2.05) is 54.6 Å². The Bertz CT molecular complexity index is 3390. The quantitative estimate of drug-likeness (QED) is 0.182. The second-order valence-electron chi connectivity index (χ2n) is 10.9. The molecule has 0 saturated heterocycles. The third-order valence-electron chi connectivity index (χ3n) is 8.15. The number of benzene rings is 8. The Hall–Kier alpha value is -6.38. The second-order valence-corrected chi connectivity index (χ2v) is 10.9. The minimum absolute atomic E-state index is 0.0152. The van der Waals surface area contributed by atoms with Crippen LogP contribution in [-0.4, -0.2) is 0 Å². The van der Waals surface area contributed by atoms with Gasteiger partial charge >= 0.3 is 0 Å². The number of rotatable bonds is 6. The summed E-state index contributed by atoms with van der Waals surface area (Å²) in [6.45, 7) is 0. The summed E-state index contributed by atoms with van der Waals surface area (Å²) in [6.07, 6.45) is 0. The minimum Gasteiger partial charge on any atom is -0.456 e. The molecule has 0 aliphatic heterocycles. The van der Waals surface area contributed by atoms with Gasteiger partial charge in [-0.15, -0.1) is 0 Å². The van der Waals surface area contributed by atoms with Crippen molar-refractivity contribution in [1.29, 1.82) is 0 Å². The predicted octanol–water partition coefficient (Wildman–Crippen LogP) is 13.2. The highest BCUT2D eigenvalue weighted by Crippen LogP contribution is 2.40. The van der Waals surface area contributed by atoms with Crippen LogP contribution in [0, 0.1) is 0 Å². The molecule has 0 amide bonds. The smallest absolute Gasteiger partial charge is 0.136 e. The van der Waals surface area contributed by atoms with Gasteiger partial charge in [0.1, 0.15) is 11.2 Å². The summed E-state index contributed by atoms with van der Waals surface area (Å²) in [7, 11) is 0. The van der Waals surface area contributed by atoms with Crippen molar-refractivity contribution < 1.29 is 26.3 Å². The minimum atomic E-state index is -0.702. The Kier molecular flexibility index (Phi) is 3.91. The number of furan rings is 1. The summed E-state index contributed by atoms with van der Waals surface area (Å²) in [6, 6.07) is 17.0. The fourth-order valence-corrected chi connectivity index (χ4v) is 5.94. The molecule has 0 radical (unpaired) electrons. The Morgan fingerprint density at radius 2 is 1.02 bits per heavy atom. The Morgan fingerprint density at radius 3 is 1.79 bits per heavy atom. The first-order chi connectivity index (χ1) is 30.5. The highest BCUT2D eigenvalue weighted by atomic mass is 16.3. The number of nitrogens with zero attached hydrogens (tertiary/aromatic N) is 1. The maximum absolute atomic E-state index is 9.36. The van der Waals surface area contributed by atoms with Gasteiger partial charge in [0, 0.05) is 27.8 Å². The van der Waals surface area contributed by atoms with E-state index in [1.165, 1.54) is 17.0 Å². The maximum Gasteiger partial charge on any atom is 0.136 e. The lowest BCUT2D eigenvalue weighted by atomic mass is 9.97. The van der Waals surface area contributed by atoms with Gasteiger partial charge in [-0.3, -0.25) is 0 Å². The van der Waals surface area contributed by atoms with Gasteiger partial charge in [0.2, 0.25) is 0 Å². The van der Waals surface area contributed by atoms with Crippen molar-refractivity contribution in [2.24, 2.45) is 0 Å². The Labute approximate surface area is 302 Å². The van der Waals surface area contributed by atoms with Gasteiger partial charge in [0.05, 0.1) is 21.9 Å². The van der Waals surface area contributed by atoms with Crippen LogP contribution in [0.15, 0.2) is 192 Å². The van der Waals surface area contributed by atoms with Crippen molar-refractivity contribution in [3.05, 3.63) is 188 Å². The molecule has 1 heterocycles. The van der Waals surface area contributed by atoms with E-state index in [4.69, 9.17) is 23.6 Å². The van der Waals surface area contributed by atoms with Crippen LogP contribution in [0.5, 0.6) is 0 Å². The van der Waals surface area contributed by atoms with Gasteiger partial charge in [-0.05, 0) is 92.6 Å². The van der Waals surface area contributed by atoms with Gasteiger partial charge in [-0.25, -0.2) is 0 Å². The molecule has 9 aromatic rings. The number of anilines is 3. The molecule has 1 aromatic heterocycles. The lowest BCUT2D eigenvalue weighted by Crippen LogP contribution is -2.09. The molecule has 226 valence electrons. The first-order valence-corrected chi connectivity index (χ1v) is 15.0. The fraction of sp³-hybridized carbons (Fsp3) is 0. The third-order valence-corrected chi connectivity index (χ3v) is 8.15. The molecule has 0 bridgehead atoms. The summed E-state index contributed by atoms with van der Waals surface area (Å²) in [4.78, 5) is 1.46. The van der Waals surface area contributed by atoms with Crippen molar-refractivity contribution >= 4 is 49.8 Å². The van der Waals surface area contributed by atoms with Crippen LogP contribution in [-0.2, 0) is 0 Å². The van der Waals surface area contributed by atoms with Crippen LogP contribution in [0.25, 0.3) is 66.1 Å².